The number of benzene rings is 1. The lowest BCUT2D eigenvalue weighted by Crippen LogP contribution is -2.04. The lowest BCUT2D eigenvalue weighted by Gasteiger charge is -2.11. The van der Waals surface area contributed by atoms with Gasteiger partial charge in [-0.15, -0.1) is 0 Å². The minimum absolute atomic E-state index is 0.159. The van der Waals surface area contributed by atoms with Gasteiger partial charge in [-0.25, -0.2) is 4.79 Å². The van der Waals surface area contributed by atoms with Crippen LogP contribution in [-0.2, 0) is 6.42 Å². The zero-order valence-electron chi connectivity index (χ0n) is 10.4. The Morgan fingerprint density at radius 1 is 1.29 bits per heavy atom. The Bertz CT molecular complexity index is 383. The van der Waals surface area contributed by atoms with E-state index in [1.165, 1.54) is 0 Å². The van der Waals surface area contributed by atoms with Crippen molar-refractivity contribution < 1.29 is 15.0 Å². The van der Waals surface area contributed by atoms with Crippen LogP contribution in [0.4, 0.5) is 0 Å². The molecule has 1 rings (SSSR count). The molecule has 17 heavy (non-hydrogen) atoms. The van der Waals surface area contributed by atoms with Crippen molar-refractivity contribution in [2.45, 2.75) is 39.0 Å². The molecule has 0 aromatic heterocycles. The zero-order chi connectivity index (χ0) is 12.8. The average molecular weight is 236 g/mol. The summed E-state index contributed by atoms with van der Waals surface area (Å²) in [6.07, 6.45) is 2.24. The van der Waals surface area contributed by atoms with E-state index in [0.717, 1.165) is 17.5 Å². The predicted octanol–water partition coefficient (Wildman–Crippen LogP) is 2.82. The monoisotopic (exact) mass is 236 g/mol. The number of hydrogen-bond acceptors (Lipinski definition) is 2. The molecule has 3 heteroatoms. The van der Waals surface area contributed by atoms with Crippen molar-refractivity contribution in [2.75, 3.05) is 6.61 Å². The number of carboxylic acids is 1. The summed E-state index contributed by atoms with van der Waals surface area (Å²) in [5, 5.41) is 17.9. The van der Waals surface area contributed by atoms with Gasteiger partial charge in [0.1, 0.15) is 0 Å². The van der Waals surface area contributed by atoms with Gasteiger partial charge in [0.25, 0.3) is 0 Å². The van der Waals surface area contributed by atoms with E-state index in [2.05, 4.69) is 13.8 Å². The Morgan fingerprint density at radius 3 is 2.53 bits per heavy atom. The molecule has 1 aromatic rings. The van der Waals surface area contributed by atoms with Crippen molar-refractivity contribution in [3.8, 4) is 0 Å². The number of aryl methyl sites for hydroxylation is 1. The minimum atomic E-state index is -0.876. The van der Waals surface area contributed by atoms with Gasteiger partial charge in [0.2, 0.25) is 0 Å². The maximum absolute atomic E-state index is 11.1. The average Bonchev–Trinajstić information content (AvgIpc) is 2.28. The highest BCUT2D eigenvalue weighted by atomic mass is 16.4. The fourth-order valence-corrected chi connectivity index (χ4v) is 1.82. The number of hydrogen-bond donors (Lipinski definition) is 2. The van der Waals surface area contributed by atoms with E-state index in [4.69, 9.17) is 10.2 Å². The second kappa shape index (κ2) is 6.40. The third-order valence-electron chi connectivity index (χ3n) is 2.88. The van der Waals surface area contributed by atoms with Gasteiger partial charge in [0.05, 0.1) is 5.56 Å². The van der Waals surface area contributed by atoms with Gasteiger partial charge in [0, 0.05) is 6.61 Å². The molecule has 0 saturated heterocycles. The molecule has 0 atom stereocenters. The van der Waals surface area contributed by atoms with Gasteiger partial charge < -0.3 is 10.2 Å². The largest absolute Gasteiger partial charge is 0.478 e. The summed E-state index contributed by atoms with van der Waals surface area (Å²) >= 11 is 0. The van der Waals surface area contributed by atoms with Gasteiger partial charge in [-0.2, -0.15) is 0 Å². The molecule has 0 saturated carbocycles. The summed E-state index contributed by atoms with van der Waals surface area (Å²) in [6.45, 7) is 4.34. The van der Waals surface area contributed by atoms with Gasteiger partial charge in [-0.05, 0) is 42.4 Å². The van der Waals surface area contributed by atoms with E-state index >= 15 is 0 Å². The third kappa shape index (κ3) is 3.86. The highest BCUT2D eigenvalue weighted by molar-refractivity contribution is 5.89. The van der Waals surface area contributed by atoms with E-state index in [1.54, 1.807) is 6.07 Å². The Balaban J connectivity index is 2.94. The van der Waals surface area contributed by atoms with E-state index in [9.17, 15) is 4.79 Å². The Kier molecular flexibility index (Phi) is 5.16. The number of aromatic carboxylic acids is 1. The molecule has 1 aromatic carbocycles. The molecule has 0 aliphatic carbocycles. The topological polar surface area (TPSA) is 57.5 Å². The normalized spacial score (nSPS) is 10.8. The molecule has 0 unspecified atom stereocenters. The minimum Gasteiger partial charge on any atom is -0.478 e. The highest BCUT2D eigenvalue weighted by Crippen LogP contribution is 2.20. The van der Waals surface area contributed by atoms with Crippen LogP contribution >= 0.6 is 0 Å². The molecular formula is C14H20O3. The first kappa shape index (κ1) is 13.7. The molecule has 0 radical (unpaired) electrons. The second-order valence-electron chi connectivity index (χ2n) is 4.56. The molecule has 0 bridgehead atoms. The number of carboxylic acid groups (broad SMARTS) is 1. The van der Waals surface area contributed by atoms with E-state index in [0.29, 0.717) is 24.3 Å². The van der Waals surface area contributed by atoms with Crippen LogP contribution in [0.5, 0.6) is 0 Å². The van der Waals surface area contributed by atoms with Crippen molar-refractivity contribution in [1.29, 1.82) is 0 Å². The first-order valence-electron chi connectivity index (χ1n) is 6.03. The fraction of sp³-hybridized carbons (Fsp3) is 0.500. The fourth-order valence-electron chi connectivity index (χ4n) is 1.82. The number of aliphatic hydroxyl groups excluding tert-OH is 1. The molecule has 0 fully saturated rings. The van der Waals surface area contributed by atoms with Crippen LogP contribution in [0.25, 0.3) is 0 Å². The number of carbonyl (C=O) groups is 1. The molecule has 0 aliphatic heterocycles. The van der Waals surface area contributed by atoms with Crippen LogP contribution in [-0.4, -0.2) is 22.8 Å². The van der Waals surface area contributed by atoms with Gasteiger partial charge >= 0.3 is 5.97 Å². The molecule has 3 nitrogen and oxygen atoms in total. The SMILES string of the molecule is CC(C)c1ccc(C(=O)O)c(CCCCO)c1. The lowest BCUT2D eigenvalue weighted by molar-refractivity contribution is 0.0695. The van der Waals surface area contributed by atoms with E-state index in [1.807, 2.05) is 12.1 Å². The van der Waals surface area contributed by atoms with Gasteiger partial charge in [0.15, 0.2) is 0 Å². The summed E-state index contributed by atoms with van der Waals surface area (Å²) in [5.41, 5.74) is 2.42. The van der Waals surface area contributed by atoms with E-state index < -0.39 is 5.97 Å². The molecule has 0 heterocycles. The summed E-state index contributed by atoms with van der Waals surface area (Å²) in [7, 11) is 0. The molecular weight excluding hydrogens is 216 g/mol. The first-order chi connectivity index (χ1) is 8.06. The van der Waals surface area contributed by atoms with Crippen molar-refractivity contribution in [1.82, 2.24) is 0 Å². The molecule has 2 N–H and O–H groups in total. The number of unbranched alkanes of at least 4 members (excludes halogenated alkanes) is 1. The molecule has 94 valence electrons. The molecule has 0 spiro atoms. The quantitative estimate of drug-likeness (QED) is 0.747. The summed E-state index contributed by atoms with van der Waals surface area (Å²) in [5.74, 6) is -0.478. The van der Waals surface area contributed by atoms with E-state index in [-0.39, 0.29) is 6.61 Å². The standard InChI is InChI=1S/C14H20O3/c1-10(2)11-6-7-13(14(16)17)12(9-11)5-3-4-8-15/h6-7,9-10,15H,3-5,8H2,1-2H3,(H,16,17). The maximum atomic E-state index is 11.1. The van der Waals surface area contributed by atoms with Crippen molar-refractivity contribution in [3.05, 3.63) is 34.9 Å². The Hall–Kier alpha value is -1.35. The number of aliphatic hydroxyl groups is 1. The first-order valence-corrected chi connectivity index (χ1v) is 6.03. The van der Waals surface area contributed by atoms with Crippen molar-refractivity contribution >= 4 is 5.97 Å². The van der Waals surface area contributed by atoms with Crippen LogP contribution in [0.15, 0.2) is 18.2 Å². The smallest absolute Gasteiger partial charge is 0.335 e. The summed E-state index contributed by atoms with van der Waals surface area (Å²) in [4.78, 5) is 11.1. The van der Waals surface area contributed by atoms with Crippen LogP contribution in [0.2, 0.25) is 0 Å². The van der Waals surface area contributed by atoms with Crippen molar-refractivity contribution in [3.63, 3.8) is 0 Å². The molecule has 0 aliphatic rings. The van der Waals surface area contributed by atoms with Crippen LogP contribution < -0.4 is 0 Å². The van der Waals surface area contributed by atoms with Crippen molar-refractivity contribution in [2.24, 2.45) is 0 Å². The maximum Gasteiger partial charge on any atom is 0.335 e. The molecule has 0 amide bonds. The van der Waals surface area contributed by atoms with Gasteiger partial charge in [-0.3, -0.25) is 0 Å². The Morgan fingerprint density at radius 2 is 2.00 bits per heavy atom. The summed E-state index contributed by atoms with van der Waals surface area (Å²) < 4.78 is 0. The van der Waals surface area contributed by atoms with Crippen LogP contribution in [0.3, 0.4) is 0 Å². The third-order valence-corrected chi connectivity index (χ3v) is 2.88. The number of rotatable bonds is 6. The van der Waals surface area contributed by atoms with Crippen LogP contribution in [0, 0.1) is 0 Å². The summed E-state index contributed by atoms with van der Waals surface area (Å²) in [6, 6.07) is 5.54. The zero-order valence-corrected chi connectivity index (χ0v) is 10.4. The van der Waals surface area contributed by atoms with Gasteiger partial charge in [-0.1, -0.05) is 26.0 Å². The lowest BCUT2D eigenvalue weighted by atomic mass is 9.94. The Labute approximate surface area is 102 Å². The second-order valence-corrected chi connectivity index (χ2v) is 4.56. The highest BCUT2D eigenvalue weighted by Gasteiger charge is 2.11. The predicted molar refractivity (Wildman–Crippen MR) is 67.5 cm³/mol. The van der Waals surface area contributed by atoms with Crippen LogP contribution in [0.1, 0.15) is 54.1 Å².